The van der Waals surface area contributed by atoms with E-state index in [9.17, 15) is 23.5 Å². The Morgan fingerprint density at radius 2 is 2.03 bits per heavy atom. The molecule has 1 saturated carbocycles. The summed E-state index contributed by atoms with van der Waals surface area (Å²) in [7, 11) is 0. The summed E-state index contributed by atoms with van der Waals surface area (Å²) in [6.45, 7) is 2.49. The van der Waals surface area contributed by atoms with E-state index in [1.54, 1.807) is 12.3 Å². The highest BCUT2D eigenvalue weighted by Crippen LogP contribution is 2.35. The lowest BCUT2D eigenvalue weighted by Gasteiger charge is -2.27. The van der Waals surface area contributed by atoms with Gasteiger partial charge in [-0.3, -0.25) is 14.3 Å². The number of anilines is 2. The van der Waals surface area contributed by atoms with Crippen LogP contribution in [0.5, 0.6) is 0 Å². The lowest BCUT2D eigenvalue weighted by Crippen LogP contribution is -2.36. The molecule has 1 aliphatic heterocycles. The smallest absolute Gasteiger partial charge is 0.306 e. The van der Waals surface area contributed by atoms with Crippen molar-refractivity contribution < 1.29 is 28.2 Å². The minimum atomic E-state index is -2.92. The van der Waals surface area contributed by atoms with Gasteiger partial charge in [0.25, 0.3) is 12.3 Å². The van der Waals surface area contributed by atoms with Gasteiger partial charge in [-0.15, -0.1) is 0 Å². The Morgan fingerprint density at radius 1 is 1.23 bits per heavy atom. The number of nitrogens with zero attached hydrogens (tertiary/aromatic N) is 6. The second kappa shape index (κ2) is 9.56. The molecule has 11 nitrogen and oxygen atoms in total. The number of fused-ring (bicyclic) bond motifs is 1. The van der Waals surface area contributed by atoms with Gasteiger partial charge in [-0.1, -0.05) is 6.42 Å². The van der Waals surface area contributed by atoms with Crippen LogP contribution in [0.1, 0.15) is 54.2 Å². The number of aliphatic carboxylic acids is 1. The number of morpholine rings is 1. The van der Waals surface area contributed by atoms with E-state index in [2.05, 4.69) is 20.5 Å². The predicted octanol–water partition coefficient (Wildman–Crippen LogP) is 2.77. The van der Waals surface area contributed by atoms with Gasteiger partial charge in [0.2, 0.25) is 0 Å². The Bertz CT molecular complexity index is 1240. The zero-order valence-electron chi connectivity index (χ0n) is 18.8. The van der Waals surface area contributed by atoms with Crippen molar-refractivity contribution in [3.63, 3.8) is 0 Å². The zero-order valence-corrected chi connectivity index (χ0v) is 18.8. The monoisotopic (exact) mass is 489 g/mol. The van der Waals surface area contributed by atoms with Crippen LogP contribution in [0.15, 0.2) is 24.7 Å². The molecule has 2 unspecified atom stereocenters. The van der Waals surface area contributed by atoms with Crippen molar-refractivity contribution >= 4 is 29.0 Å². The average molecular weight is 489 g/mol. The maximum Gasteiger partial charge on any atom is 0.306 e. The Balaban J connectivity index is 1.40. The third kappa shape index (κ3) is 4.67. The van der Waals surface area contributed by atoms with E-state index in [4.69, 9.17) is 4.74 Å². The first kappa shape index (κ1) is 23.1. The molecule has 2 N–H and O–H groups in total. The number of nitrogens with one attached hydrogen (secondary N) is 1. The van der Waals surface area contributed by atoms with Crippen molar-refractivity contribution in [2.45, 2.75) is 38.2 Å². The maximum absolute atomic E-state index is 13.8. The minimum absolute atomic E-state index is 0.119. The van der Waals surface area contributed by atoms with Crippen molar-refractivity contribution in [2.24, 2.45) is 5.92 Å². The van der Waals surface area contributed by atoms with Crippen LogP contribution in [0.25, 0.3) is 5.65 Å². The molecule has 4 heterocycles. The van der Waals surface area contributed by atoms with Crippen LogP contribution in [-0.2, 0) is 9.53 Å². The number of rotatable bonds is 6. The molecule has 3 aromatic rings. The largest absolute Gasteiger partial charge is 0.481 e. The normalized spacial score (nSPS) is 20.9. The molecule has 2 atom stereocenters. The van der Waals surface area contributed by atoms with Gasteiger partial charge in [0.15, 0.2) is 11.3 Å². The second-order valence-corrected chi connectivity index (χ2v) is 8.73. The molecular weight excluding hydrogens is 464 g/mol. The minimum Gasteiger partial charge on any atom is -0.481 e. The summed E-state index contributed by atoms with van der Waals surface area (Å²) >= 11 is 0. The van der Waals surface area contributed by atoms with Crippen LogP contribution in [0.4, 0.5) is 20.3 Å². The van der Waals surface area contributed by atoms with E-state index in [0.717, 1.165) is 0 Å². The van der Waals surface area contributed by atoms with Crippen molar-refractivity contribution in [2.75, 3.05) is 36.5 Å². The van der Waals surface area contributed by atoms with Crippen molar-refractivity contribution in [1.29, 1.82) is 0 Å². The fourth-order valence-corrected chi connectivity index (χ4v) is 4.66. The highest BCUT2D eigenvalue weighted by molar-refractivity contribution is 6.08. The van der Waals surface area contributed by atoms with E-state index >= 15 is 0 Å². The number of hydrogen-bond acceptors (Lipinski definition) is 7. The number of hydrogen-bond donors (Lipinski definition) is 2. The third-order valence-electron chi connectivity index (χ3n) is 6.52. The van der Waals surface area contributed by atoms with Crippen molar-refractivity contribution in [3.05, 3.63) is 35.9 Å². The van der Waals surface area contributed by atoms with Gasteiger partial charge in [0.1, 0.15) is 11.4 Å². The molecule has 3 aromatic heterocycles. The Labute approximate surface area is 198 Å². The lowest BCUT2D eigenvalue weighted by molar-refractivity contribution is -0.143. The van der Waals surface area contributed by atoms with E-state index in [1.807, 2.05) is 4.90 Å². The van der Waals surface area contributed by atoms with Crippen LogP contribution in [0, 0.1) is 5.92 Å². The molecule has 1 saturated heterocycles. The molecule has 13 heteroatoms. The second-order valence-electron chi connectivity index (χ2n) is 8.73. The molecule has 35 heavy (non-hydrogen) atoms. The molecule has 186 valence electrons. The fourth-order valence-electron chi connectivity index (χ4n) is 4.66. The quantitative estimate of drug-likeness (QED) is 0.541. The summed E-state index contributed by atoms with van der Waals surface area (Å²) in [4.78, 5) is 31.1. The number of carbonyl (C=O) groups excluding carboxylic acids is 1. The summed E-state index contributed by atoms with van der Waals surface area (Å²) in [5.74, 6) is -1.42. The SMILES string of the molecule is O=C(Nc1cn(C2CCCC(C(=O)O)C2)nc1C(F)F)c1cnn2ccc(N3CCOCC3)nc12. The first-order valence-electron chi connectivity index (χ1n) is 11.5. The summed E-state index contributed by atoms with van der Waals surface area (Å²) in [6.07, 6.45) is 3.60. The van der Waals surface area contributed by atoms with Crippen molar-refractivity contribution in [1.82, 2.24) is 24.4 Å². The van der Waals surface area contributed by atoms with E-state index in [1.165, 1.54) is 21.6 Å². The third-order valence-corrected chi connectivity index (χ3v) is 6.52. The van der Waals surface area contributed by atoms with Gasteiger partial charge in [-0.05, 0) is 25.3 Å². The topological polar surface area (TPSA) is 127 Å². The van der Waals surface area contributed by atoms with E-state index < -0.39 is 29.9 Å². The van der Waals surface area contributed by atoms with Crippen LogP contribution in [0.3, 0.4) is 0 Å². The van der Waals surface area contributed by atoms with Crippen LogP contribution in [0.2, 0.25) is 0 Å². The molecule has 1 amide bonds. The van der Waals surface area contributed by atoms with Gasteiger partial charge in [0.05, 0.1) is 37.1 Å². The zero-order chi connectivity index (χ0) is 24.5. The molecule has 0 aromatic carbocycles. The van der Waals surface area contributed by atoms with E-state index in [-0.39, 0.29) is 17.3 Å². The summed E-state index contributed by atoms with van der Waals surface area (Å²) in [5.41, 5.74) is -0.244. The number of aromatic nitrogens is 5. The summed E-state index contributed by atoms with van der Waals surface area (Å²) < 4.78 is 35.7. The maximum atomic E-state index is 13.8. The molecular formula is C22H25F2N7O4. The Morgan fingerprint density at radius 3 is 2.77 bits per heavy atom. The highest BCUT2D eigenvalue weighted by Gasteiger charge is 2.30. The highest BCUT2D eigenvalue weighted by atomic mass is 19.3. The predicted molar refractivity (Wildman–Crippen MR) is 120 cm³/mol. The standard InChI is InChI=1S/C22H25F2N7O4/c23-19(24)18-16(12-31(28-18)14-3-1-2-13(10-14)22(33)34)26-21(32)15-11-25-30-5-4-17(27-20(15)30)29-6-8-35-9-7-29/h4-5,11-14,19H,1-3,6-10H2,(H,26,32)(H,33,34). The first-order chi connectivity index (χ1) is 16.9. The first-order valence-corrected chi connectivity index (χ1v) is 11.5. The van der Waals surface area contributed by atoms with Gasteiger partial charge in [-0.25, -0.2) is 18.3 Å². The summed E-state index contributed by atoms with van der Waals surface area (Å²) in [6, 6.07) is 1.46. The Kier molecular flexibility index (Phi) is 6.32. The number of carboxylic acid groups (broad SMARTS) is 1. The lowest BCUT2D eigenvalue weighted by atomic mass is 9.86. The number of halogens is 2. The number of alkyl halides is 2. The fraction of sp³-hybridized carbons (Fsp3) is 0.500. The van der Waals surface area contributed by atoms with Crippen molar-refractivity contribution in [3.8, 4) is 0 Å². The average Bonchev–Trinajstić information content (AvgIpc) is 3.49. The molecule has 0 spiro atoms. The van der Waals surface area contributed by atoms with Gasteiger partial charge in [-0.2, -0.15) is 10.2 Å². The number of carbonyl (C=O) groups is 2. The Hall–Kier alpha value is -3.61. The number of carboxylic acids is 1. The molecule has 0 bridgehead atoms. The molecule has 5 rings (SSSR count). The van der Waals surface area contributed by atoms with E-state index in [0.29, 0.717) is 63.5 Å². The van der Waals surface area contributed by atoms with Crippen LogP contribution in [-0.4, -0.2) is 67.7 Å². The van der Waals surface area contributed by atoms with Crippen LogP contribution < -0.4 is 10.2 Å². The summed E-state index contributed by atoms with van der Waals surface area (Å²) in [5, 5.41) is 20.0. The van der Waals surface area contributed by atoms with Gasteiger partial charge < -0.3 is 20.1 Å². The molecule has 0 radical (unpaired) electrons. The van der Waals surface area contributed by atoms with Gasteiger partial charge >= 0.3 is 5.97 Å². The molecule has 1 aliphatic carbocycles. The number of ether oxygens (including phenoxy) is 1. The number of amides is 1. The molecule has 2 fully saturated rings. The van der Waals surface area contributed by atoms with Gasteiger partial charge in [0, 0.05) is 25.5 Å². The van der Waals surface area contributed by atoms with Crippen LogP contribution >= 0.6 is 0 Å². The molecule has 2 aliphatic rings.